The van der Waals surface area contributed by atoms with Crippen molar-refractivity contribution in [3.05, 3.63) is 59.7 Å². The third kappa shape index (κ3) is 4.22. The van der Waals surface area contributed by atoms with Crippen molar-refractivity contribution in [2.24, 2.45) is 5.84 Å². The van der Waals surface area contributed by atoms with Gasteiger partial charge in [0.2, 0.25) is 0 Å². The Morgan fingerprint density at radius 1 is 1.19 bits per heavy atom. The van der Waals surface area contributed by atoms with Crippen molar-refractivity contribution in [1.82, 2.24) is 5.32 Å². The molecule has 0 unspecified atom stereocenters. The van der Waals surface area contributed by atoms with Crippen molar-refractivity contribution in [3.8, 4) is 5.75 Å². The molecular weight excluding hydrogens is 266 g/mol. The van der Waals surface area contributed by atoms with E-state index >= 15 is 0 Å². The Bertz CT molecular complexity index is 614. The lowest BCUT2D eigenvalue weighted by Gasteiger charge is -2.10. The van der Waals surface area contributed by atoms with Gasteiger partial charge in [0.05, 0.1) is 17.8 Å². The van der Waals surface area contributed by atoms with E-state index in [-0.39, 0.29) is 5.91 Å². The maximum absolute atomic E-state index is 12.0. The number of ether oxygens (including phenoxy) is 1. The monoisotopic (exact) mass is 285 g/mol. The third-order valence-corrected chi connectivity index (χ3v) is 2.97. The van der Waals surface area contributed by atoms with Crippen LogP contribution in [-0.2, 0) is 0 Å². The van der Waals surface area contributed by atoms with Crippen LogP contribution in [0.15, 0.2) is 48.5 Å². The number of rotatable bonds is 6. The second kappa shape index (κ2) is 7.31. The molecule has 0 radical (unpaired) electrons. The van der Waals surface area contributed by atoms with E-state index in [1.54, 1.807) is 18.2 Å². The van der Waals surface area contributed by atoms with Crippen LogP contribution in [0.1, 0.15) is 15.9 Å². The van der Waals surface area contributed by atoms with E-state index in [0.717, 1.165) is 11.3 Å². The molecule has 0 aromatic heterocycles. The summed E-state index contributed by atoms with van der Waals surface area (Å²) in [5.74, 6) is 5.99. The quantitative estimate of drug-likeness (QED) is 0.431. The zero-order chi connectivity index (χ0) is 15.1. The zero-order valence-corrected chi connectivity index (χ0v) is 11.9. The van der Waals surface area contributed by atoms with Crippen molar-refractivity contribution >= 4 is 11.6 Å². The lowest BCUT2D eigenvalue weighted by Crippen LogP contribution is -2.29. The lowest BCUT2D eigenvalue weighted by atomic mass is 10.1. The van der Waals surface area contributed by atoms with Gasteiger partial charge in [-0.2, -0.15) is 0 Å². The largest absolute Gasteiger partial charge is 0.492 e. The summed E-state index contributed by atoms with van der Waals surface area (Å²) in [4.78, 5) is 12.0. The molecule has 21 heavy (non-hydrogen) atoms. The minimum absolute atomic E-state index is 0.184. The van der Waals surface area contributed by atoms with Crippen LogP contribution in [0, 0.1) is 6.92 Å². The Hall–Kier alpha value is -2.53. The molecule has 0 heterocycles. The number of anilines is 1. The average Bonchev–Trinajstić information content (AvgIpc) is 2.51. The maximum atomic E-state index is 12.0. The van der Waals surface area contributed by atoms with Crippen LogP contribution in [0.25, 0.3) is 0 Å². The standard InChI is InChI=1S/C16H19N3O2/c1-12-5-4-6-13(11-12)21-10-9-18-16(20)14-7-2-3-8-15(14)19-17/h2-8,11,19H,9-10,17H2,1H3,(H,18,20). The van der Waals surface area contributed by atoms with Crippen LogP contribution in [0.3, 0.4) is 0 Å². The summed E-state index contributed by atoms with van der Waals surface area (Å²) in [6, 6.07) is 14.9. The summed E-state index contributed by atoms with van der Waals surface area (Å²) in [5, 5.41) is 2.80. The Morgan fingerprint density at radius 3 is 2.76 bits per heavy atom. The second-order valence-corrected chi connectivity index (χ2v) is 4.61. The van der Waals surface area contributed by atoms with Crippen LogP contribution in [0.4, 0.5) is 5.69 Å². The maximum Gasteiger partial charge on any atom is 0.253 e. The molecule has 2 aromatic carbocycles. The number of carbonyl (C=O) groups is 1. The van der Waals surface area contributed by atoms with Gasteiger partial charge in [0.15, 0.2) is 0 Å². The van der Waals surface area contributed by atoms with E-state index < -0.39 is 0 Å². The predicted molar refractivity (Wildman–Crippen MR) is 83.3 cm³/mol. The van der Waals surface area contributed by atoms with Crippen molar-refractivity contribution in [2.75, 3.05) is 18.6 Å². The molecule has 0 aliphatic rings. The summed E-state index contributed by atoms with van der Waals surface area (Å²) < 4.78 is 5.57. The molecule has 5 heteroatoms. The van der Waals surface area contributed by atoms with E-state index in [2.05, 4.69) is 10.7 Å². The van der Waals surface area contributed by atoms with Gasteiger partial charge in [0.25, 0.3) is 5.91 Å². The smallest absolute Gasteiger partial charge is 0.253 e. The summed E-state index contributed by atoms with van der Waals surface area (Å²) in [6.45, 7) is 2.84. The number of hydrogen-bond acceptors (Lipinski definition) is 4. The highest BCUT2D eigenvalue weighted by atomic mass is 16.5. The number of benzene rings is 2. The summed E-state index contributed by atoms with van der Waals surface area (Å²) >= 11 is 0. The van der Waals surface area contributed by atoms with Crippen LogP contribution in [0.5, 0.6) is 5.75 Å². The number of nitrogens with one attached hydrogen (secondary N) is 2. The fourth-order valence-corrected chi connectivity index (χ4v) is 1.94. The molecular formula is C16H19N3O2. The molecule has 0 bridgehead atoms. The number of nitrogens with two attached hydrogens (primary N) is 1. The molecule has 0 atom stereocenters. The van der Waals surface area contributed by atoms with Crippen LogP contribution >= 0.6 is 0 Å². The minimum Gasteiger partial charge on any atom is -0.492 e. The van der Waals surface area contributed by atoms with E-state index in [1.807, 2.05) is 37.3 Å². The van der Waals surface area contributed by atoms with Crippen LogP contribution in [0.2, 0.25) is 0 Å². The second-order valence-electron chi connectivity index (χ2n) is 4.61. The van der Waals surface area contributed by atoms with Crippen molar-refractivity contribution in [1.29, 1.82) is 0 Å². The predicted octanol–water partition coefficient (Wildman–Crippen LogP) is 2.09. The fraction of sp³-hybridized carbons (Fsp3) is 0.188. The number of nitrogen functional groups attached to an aromatic ring is 1. The highest BCUT2D eigenvalue weighted by Crippen LogP contribution is 2.13. The Kier molecular flexibility index (Phi) is 5.17. The van der Waals surface area contributed by atoms with Crippen molar-refractivity contribution < 1.29 is 9.53 Å². The number of para-hydroxylation sites is 1. The minimum atomic E-state index is -0.184. The first kappa shape index (κ1) is 14.9. The van der Waals surface area contributed by atoms with E-state index in [4.69, 9.17) is 10.6 Å². The van der Waals surface area contributed by atoms with E-state index in [1.165, 1.54) is 0 Å². The van der Waals surface area contributed by atoms with Gasteiger partial charge in [-0.05, 0) is 36.8 Å². The van der Waals surface area contributed by atoms with Gasteiger partial charge in [-0.25, -0.2) is 0 Å². The number of hydrogen-bond donors (Lipinski definition) is 3. The van der Waals surface area contributed by atoms with Crippen LogP contribution < -0.4 is 21.3 Å². The molecule has 110 valence electrons. The molecule has 0 saturated carbocycles. The average molecular weight is 285 g/mol. The third-order valence-electron chi connectivity index (χ3n) is 2.97. The molecule has 0 saturated heterocycles. The van der Waals surface area contributed by atoms with Gasteiger partial charge in [-0.1, -0.05) is 24.3 Å². The first-order chi connectivity index (χ1) is 10.2. The van der Waals surface area contributed by atoms with Crippen molar-refractivity contribution in [2.45, 2.75) is 6.92 Å². The van der Waals surface area contributed by atoms with Gasteiger partial charge in [0.1, 0.15) is 12.4 Å². The summed E-state index contributed by atoms with van der Waals surface area (Å²) in [6.07, 6.45) is 0. The molecule has 0 aliphatic heterocycles. The molecule has 1 amide bonds. The molecule has 4 N–H and O–H groups in total. The summed E-state index contributed by atoms with van der Waals surface area (Å²) in [7, 11) is 0. The molecule has 2 aromatic rings. The molecule has 0 fully saturated rings. The number of carbonyl (C=O) groups excluding carboxylic acids is 1. The number of aryl methyl sites for hydroxylation is 1. The number of hydrazine groups is 1. The SMILES string of the molecule is Cc1cccc(OCCNC(=O)c2ccccc2NN)c1. The molecule has 0 spiro atoms. The molecule has 0 aliphatic carbocycles. The zero-order valence-electron chi connectivity index (χ0n) is 11.9. The normalized spacial score (nSPS) is 10.0. The molecule has 2 rings (SSSR count). The highest BCUT2D eigenvalue weighted by Gasteiger charge is 2.09. The topological polar surface area (TPSA) is 76.4 Å². The van der Waals surface area contributed by atoms with Gasteiger partial charge >= 0.3 is 0 Å². The van der Waals surface area contributed by atoms with Crippen molar-refractivity contribution in [3.63, 3.8) is 0 Å². The van der Waals surface area contributed by atoms with E-state index in [9.17, 15) is 4.79 Å². The lowest BCUT2D eigenvalue weighted by molar-refractivity contribution is 0.0948. The first-order valence-corrected chi connectivity index (χ1v) is 6.74. The van der Waals surface area contributed by atoms with E-state index in [0.29, 0.717) is 24.4 Å². The van der Waals surface area contributed by atoms with Gasteiger partial charge in [-0.15, -0.1) is 0 Å². The number of amides is 1. The Morgan fingerprint density at radius 2 is 2.00 bits per heavy atom. The highest BCUT2D eigenvalue weighted by molar-refractivity contribution is 5.99. The Labute approximate surface area is 124 Å². The summed E-state index contributed by atoms with van der Waals surface area (Å²) in [5.41, 5.74) is 4.75. The molecule has 5 nitrogen and oxygen atoms in total. The van der Waals surface area contributed by atoms with Crippen LogP contribution in [-0.4, -0.2) is 19.1 Å². The fourth-order valence-electron chi connectivity index (χ4n) is 1.94. The van der Waals surface area contributed by atoms with Gasteiger partial charge in [0, 0.05) is 0 Å². The van der Waals surface area contributed by atoms with Gasteiger partial charge < -0.3 is 15.5 Å². The van der Waals surface area contributed by atoms with Gasteiger partial charge in [-0.3, -0.25) is 10.6 Å². The Balaban J connectivity index is 1.82. The first-order valence-electron chi connectivity index (χ1n) is 6.74.